The second kappa shape index (κ2) is 11.2. The van der Waals surface area contributed by atoms with Gasteiger partial charge in [0.25, 0.3) is 0 Å². The van der Waals surface area contributed by atoms with Crippen molar-refractivity contribution in [2.24, 2.45) is 0 Å². The van der Waals surface area contributed by atoms with Crippen molar-refractivity contribution in [2.45, 2.75) is 57.3 Å². The molecule has 0 N–H and O–H groups in total. The monoisotopic (exact) mass is 585 g/mol. The van der Waals surface area contributed by atoms with Gasteiger partial charge in [-0.05, 0) is 50.8 Å². The van der Waals surface area contributed by atoms with Gasteiger partial charge >= 0.3 is 0 Å². The summed E-state index contributed by atoms with van der Waals surface area (Å²) in [6, 6.07) is 27.2. The zero-order chi connectivity index (χ0) is 30.4. The SMILES string of the molecule is COc1cc(-c2cnn(C3CCN(C4CN(C(c5ccccc5)c5ccccc5)C4(C)C)CC3)c2C)cn2ncc(C#N)c12. The lowest BCUT2D eigenvalue weighted by Gasteiger charge is -2.62. The average molecular weight is 586 g/mol. The summed E-state index contributed by atoms with van der Waals surface area (Å²) in [5, 5.41) is 18.7. The van der Waals surface area contributed by atoms with Crippen LogP contribution in [0.25, 0.3) is 16.6 Å². The third-order valence-electron chi connectivity index (χ3n) is 10.0. The number of fused-ring (bicyclic) bond motifs is 1. The number of methoxy groups -OCH3 is 1. The van der Waals surface area contributed by atoms with Gasteiger partial charge in [-0.25, -0.2) is 4.52 Å². The third-order valence-corrected chi connectivity index (χ3v) is 10.0. The summed E-state index contributed by atoms with van der Waals surface area (Å²) in [4.78, 5) is 5.39. The molecule has 2 fully saturated rings. The number of piperidine rings is 1. The Morgan fingerprint density at radius 1 is 0.955 bits per heavy atom. The van der Waals surface area contributed by atoms with E-state index in [-0.39, 0.29) is 11.6 Å². The fourth-order valence-corrected chi connectivity index (χ4v) is 7.53. The number of likely N-dealkylation sites (tertiary alicyclic amines) is 2. The van der Waals surface area contributed by atoms with E-state index in [2.05, 4.69) is 107 Å². The van der Waals surface area contributed by atoms with Crippen LogP contribution in [-0.2, 0) is 0 Å². The van der Waals surface area contributed by atoms with E-state index in [0.717, 1.165) is 49.3 Å². The molecule has 8 heteroatoms. The van der Waals surface area contributed by atoms with Crippen LogP contribution in [0.1, 0.15) is 61.2 Å². The maximum absolute atomic E-state index is 9.48. The van der Waals surface area contributed by atoms with Crippen molar-refractivity contribution < 1.29 is 4.74 Å². The minimum atomic E-state index is 0.0492. The lowest BCUT2D eigenvalue weighted by Crippen LogP contribution is -2.74. The van der Waals surface area contributed by atoms with Crippen LogP contribution in [-0.4, -0.2) is 67.5 Å². The molecular weight excluding hydrogens is 546 g/mol. The summed E-state index contributed by atoms with van der Waals surface area (Å²) < 4.78 is 9.59. The van der Waals surface area contributed by atoms with Crippen molar-refractivity contribution in [2.75, 3.05) is 26.7 Å². The molecule has 3 aromatic heterocycles. The van der Waals surface area contributed by atoms with Crippen LogP contribution >= 0.6 is 0 Å². The third kappa shape index (κ3) is 4.68. The number of rotatable bonds is 7. The Balaban J connectivity index is 1.06. The Labute approximate surface area is 259 Å². The maximum atomic E-state index is 9.48. The fourth-order valence-electron chi connectivity index (χ4n) is 7.53. The quantitative estimate of drug-likeness (QED) is 0.224. The highest BCUT2D eigenvalue weighted by Crippen LogP contribution is 2.45. The molecule has 0 saturated carbocycles. The molecular formula is C36H39N7O. The van der Waals surface area contributed by atoms with Crippen molar-refractivity contribution >= 4 is 5.52 Å². The van der Waals surface area contributed by atoms with Gasteiger partial charge in [-0.15, -0.1) is 0 Å². The van der Waals surface area contributed by atoms with Crippen LogP contribution < -0.4 is 4.74 Å². The maximum Gasteiger partial charge on any atom is 0.146 e. The Morgan fingerprint density at radius 2 is 1.61 bits per heavy atom. The summed E-state index contributed by atoms with van der Waals surface area (Å²) in [7, 11) is 1.63. The molecule has 0 amide bonds. The van der Waals surface area contributed by atoms with Gasteiger partial charge in [-0.1, -0.05) is 60.7 Å². The predicted molar refractivity (Wildman–Crippen MR) is 172 cm³/mol. The van der Waals surface area contributed by atoms with Crippen LogP contribution in [0.4, 0.5) is 0 Å². The first-order chi connectivity index (χ1) is 21.4. The van der Waals surface area contributed by atoms with E-state index in [1.54, 1.807) is 17.8 Å². The standard InChI is InChI=1S/C36H39N7O/c1-25-31(28-19-32(44-4)35-29(20-37)21-38-42(35)23-28)22-39-43(25)30-15-17-40(18-16-30)33-24-41(36(33,2)3)34(26-11-7-5-8-12-26)27-13-9-6-10-14-27/h5-14,19,21-23,30,33-34H,15-18,24H2,1-4H3. The molecule has 224 valence electrons. The topological polar surface area (TPSA) is 74.6 Å². The molecule has 5 heterocycles. The first-order valence-electron chi connectivity index (χ1n) is 15.5. The van der Waals surface area contributed by atoms with Crippen molar-refractivity contribution in [1.82, 2.24) is 29.2 Å². The van der Waals surface area contributed by atoms with E-state index in [1.807, 2.05) is 18.5 Å². The first-order valence-corrected chi connectivity index (χ1v) is 15.5. The highest BCUT2D eigenvalue weighted by atomic mass is 16.5. The first kappa shape index (κ1) is 28.3. The smallest absolute Gasteiger partial charge is 0.146 e. The van der Waals surface area contributed by atoms with Crippen molar-refractivity contribution in [3.8, 4) is 22.9 Å². The zero-order valence-corrected chi connectivity index (χ0v) is 25.9. The summed E-state index contributed by atoms with van der Waals surface area (Å²) >= 11 is 0. The van der Waals surface area contributed by atoms with E-state index in [9.17, 15) is 5.26 Å². The second-order valence-electron chi connectivity index (χ2n) is 12.7. The number of ether oxygens (including phenoxy) is 1. The minimum Gasteiger partial charge on any atom is -0.494 e. The molecule has 5 aromatic rings. The van der Waals surface area contributed by atoms with Crippen molar-refractivity contribution in [1.29, 1.82) is 5.26 Å². The molecule has 2 aliphatic rings. The molecule has 0 radical (unpaired) electrons. The van der Waals surface area contributed by atoms with Gasteiger partial charge in [0.2, 0.25) is 0 Å². The van der Waals surface area contributed by atoms with Gasteiger partial charge in [0.05, 0.1) is 31.6 Å². The molecule has 44 heavy (non-hydrogen) atoms. The number of nitriles is 1. The molecule has 2 saturated heterocycles. The van der Waals surface area contributed by atoms with Gasteiger partial charge in [-0.3, -0.25) is 14.5 Å². The molecule has 0 bridgehead atoms. The van der Waals surface area contributed by atoms with Crippen LogP contribution in [0, 0.1) is 18.3 Å². The van der Waals surface area contributed by atoms with Crippen LogP contribution in [0.15, 0.2) is 85.3 Å². The molecule has 1 unspecified atom stereocenters. The number of benzene rings is 2. The number of nitrogens with zero attached hydrogens (tertiary/aromatic N) is 7. The van der Waals surface area contributed by atoms with E-state index < -0.39 is 0 Å². The average Bonchev–Trinajstić information content (AvgIpc) is 3.66. The largest absolute Gasteiger partial charge is 0.494 e. The predicted octanol–water partition coefficient (Wildman–Crippen LogP) is 6.28. The molecule has 0 spiro atoms. The fraction of sp³-hybridized carbons (Fsp3) is 0.361. The molecule has 1 atom stereocenters. The summed E-state index contributed by atoms with van der Waals surface area (Å²) in [5.41, 5.74) is 7.12. The van der Waals surface area contributed by atoms with Gasteiger partial charge in [-0.2, -0.15) is 15.5 Å². The Bertz CT molecular complexity index is 1770. The van der Waals surface area contributed by atoms with E-state index in [4.69, 9.17) is 9.84 Å². The van der Waals surface area contributed by atoms with E-state index in [1.165, 1.54) is 11.1 Å². The number of hydrogen-bond acceptors (Lipinski definition) is 6. The Kier molecular flexibility index (Phi) is 7.23. The van der Waals surface area contributed by atoms with Gasteiger partial charge in [0.1, 0.15) is 22.9 Å². The minimum absolute atomic E-state index is 0.0492. The van der Waals surface area contributed by atoms with Gasteiger partial charge in [0, 0.05) is 54.2 Å². The summed E-state index contributed by atoms with van der Waals surface area (Å²) in [6.07, 6.45) is 7.64. The van der Waals surface area contributed by atoms with E-state index >= 15 is 0 Å². The molecule has 8 nitrogen and oxygen atoms in total. The normalized spacial score (nSPS) is 19.2. The van der Waals surface area contributed by atoms with Gasteiger partial charge in [0.15, 0.2) is 0 Å². The van der Waals surface area contributed by atoms with Crippen LogP contribution in [0.2, 0.25) is 0 Å². The summed E-state index contributed by atoms with van der Waals surface area (Å²) in [5.74, 6) is 0.635. The van der Waals surface area contributed by atoms with Crippen LogP contribution in [0.3, 0.4) is 0 Å². The highest BCUT2D eigenvalue weighted by Gasteiger charge is 2.52. The number of pyridine rings is 1. The molecule has 2 aliphatic heterocycles. The zero-order valence-electron chi connectivity index (χ0n) is 25.9. The second-order valence-corrected chi connectivity index (χ2v) is 12.7. The Hall–Kier alpha value is -4.45. The number of aromatic nitrogens is 4. The molecule has 7 rings (SSSR count). The molecule has 0 aliphatic carbocycles. The lowest BCUT2D eigenvalue weighted by atomic mass is 9.77. The Morgan fingerprint density at radius 3 is 2.20 bits per heavy atom. The van der Waals surface area contributed by atoms with Crippen LogP contribution in [0.5, 0.6) is 5.75 Å². The highest BCUT2D eigenvalue weighted by molar-refractivity contribution is 5.75. The van der Waals surface area contributed by atoms with Crippen molar-refractivity contribution in [3.05, 3.63) is 108 Å². The van der Waals surface area contributed by atoms with Crippen molar-refractivity contribution in [3.63, 3.8) is 0 Å². The van der Waals surface area contributed by atoms with E-state index in [0.29, 0.717) is 28.9 Å². The number of hydrogen-bond donors (Lipinski definition) is 0. The van der Waals surface area contributed by atoms with Gasteiger partial charge < -0.3 is 4.74 Å². The summed E-state index contributed by atoms with van der Waals surface area (Å²) in [6.45, 7) is 10.2. The molecule has 2 aromatic carbocycles. The lowest BCUT2D eigenvalue weighted by molar-refractivity contribution is -0.111.